The van der Waals surface area contributed by atoms with Crippen LogP contribution in [0.1, 0.15) is 51.7 Å². The van der Waals surface area contributed by atoms with Gasteiger partial charge in [-0.05, 0) is 0 Å². The van der Waals surface area contributed by atoms with Crippen LogP contribution in [0.4, 0.5) is 0 Å². The Bertz CT molecular complexity index is 559. The summed E-state index contributed by atoms with van der Waals surface area (Å²) in [5, 5.41) is 0. The second-order valence-electron chi connectivity index (χ2n) is 8.11. The van der Waals surface area contributed by atoms with Crippen molar-refractivity contribution < 1.29 is 61.5 Å². The molecule has 4 heteroatoms. The van der Waals surface area contributed by atoms with E-state index in [2.05, 4.69) is 91.2 Å². The van der Waals surface area contributed by atoms with Crippen molar-refractivity contribution in [1.29, 1.82) is 0 Å². The van der Waals surface area contributed by atoms with E-state index in [1.165, 1.54) is 24.0 Å². The van der Waals surface area contributed by atoms with Crippen molar-refractivity contribution in [3.05, 3.63) is 71.8 Å². The van der Waals surface area contributed by atoms with Crippen LogP contribution >= 0.6 is 0 Å². The van der Waals surface area contributed by atoms with Crippen LogP contribution in [0, 0.1) is 37.5 Å². The van der Waals surface area contributed by atoms with E-state index >= 15 is 0 Å². The molecule has 0 heterocycles. The van der Waals surface area contributed by atoms with Crippen molar-refractivity contribution in [2.24, 2.45) is 0 Å². The zero-order valence-corrected chi connectivity index (χ0v) is 21.8. The first-order valence-corrected chi connectivity index (χ1v) is 12.4. The first kappa shape index (κ1) is 24.5. The zero-order chi connectivity index (χ0) is 18.2. The Kier molecular flexibility index (Phi) is 11.4. The van der Waals surface area contributed by atoms with Gasteiger partial charge >= 0.3 is 177 Å². The van der Waals surface area contributed by atoms with Gasteiger partial charge in [0.2, 0.25) is 0 Å². The average Bonchev–Trinajstić information content (AvgIpc) is 2.60. The average molecular weight is 596 g/mol. The van der Waals surface area contributed by atoms with Gasteiger partial charge in [0.15, 0.2) is 0 Å². The fraction of sp³-hybridized carbons (Fsp3) is 0.455. The fourth-order valence-corrected chi connectivity index (χ4v) is 5.87. The summed E-state index contributed by atoms with van der Waals surface area (Å²) in [6, 6.07) is 21.6. The van der Waals surface area contributed by atoms with Crippen molar-refractivity contribution in [2.45, 2.75) is 64.5 Å². The number of aryl methyl sites for hydroxylation is 2. The Morgan fingerprint density at radius 3 is 1.35 bits per heavy atom. The quantitative estimate of drug-likeness (QED) is 0.411. The topological polar surface area (TPSA) is 24.1 Å². The van der Waals surface area contributed by atoms with Crippen molar-refractivity contribution in [2.75, 3.05) is 0 Å². The number of hydrogen-bond acceptors (Lipinski definition) is 2. The molecular formula is C22H32IN2Nd. The van der Waals surface area contributed by atoms with Crippen LogP contribution in [0.5, 0.6) is 0 Å². The van der Waals surface area contributed by atoms with Crippen LogP contribution in [-0.4, -0.2) is 11.1 Å². The molecule has 2 aromatic carbocycles. The Hall–Kier alpha value is 0.441. The molecule has 2 N–H and O–H groups in total. The first-order chi connectivity index (χ1) is 11.9. The summed E-state index contributed by atoms with van der Waals surface area (Å²) in [6.45, 7) is 9.34. The molecule has 0 unspecified atom stereocenters. The molecular weight excluding hydrogens is 563 g/mol. The maximum atomic E-state index is 3.87. The van der Waals surface area contributed by atoms with E-state index in [9.17, 15) is 0 Å². The Balaban J connectivity index is 0.00000338. The molecule has 0 saturated carbocycles. The Morgan fingerprint density at radius 1 is 0.654 bits per heavy atom. The molecule has 26 heavy (non-hydrogen) atoms. The predicted octanol–water partition coefficient (Wildman–Crippen LogP) is 1.91. The van der Waals surface area contributed by atoms with Crippen molar-refractivity contribution in [3.63, 3.8) is 0 Å². The number of benzene rings is 2. The molecule has 0 aromatic heterocycles. The third-order valence-electron chi connectivity index (χ3n) is 4.56. The largest absolute Gasteiger partial charge is 1.00 e. The second kappa shape index (κ2) is 12.1. The number of hydrogen-bond donors (Lipinski definition) is 2. The minimum Gasteiger partial charge on any atom is -1.00 e. The summed E-state index contributed by atoms with van der Waals surface area (Å²) >= 11 is -1.03. The molecule has 0 spiro atoms. The van der Waals surface area contributed by atoms with Gasteiger partial charge in [0.25, 0.3) is 0 Å². The van der Waals surface area contributed by atoms with Gasteiger partial charge in [-0.1, -0.05) is 0 Å². The van der Waals surface area contributed by atoms with E-state index in [4.69, 9.17) is 0 Å². The number of halogens is 1. The van der Waals surface area contributed by atoms with E-state index in [0.29, 0.717) is 0 Å². The summed E-state index contributed by atoms with van der Waals surface area (Å²) in [5.41, 5.74) is 3.28. The molecule has 2 rings (SSSR count). The third kappa shape index (κ3) is 10.1. The van der Waals surface area contributed by atoms with E-state index in [1.54, 1.807) is 0 Å². The van der Waals surface area contributed by atoms with E-state index in [-0.39, 0.29) is 35.1 Å². The maximum absolute atomic E-state index is 3.87. The van der Waals surface area contributed by atoms with Crippen molar-refractivity contribution in [1.82, 2.24) is 2.80 Å². The van der Waals surface area contributed by atoms with Gasteiger partial charge in [0.05, 0.1) is 0 Å². The van der Waals surface area contributed by atoms with Crippen molar-refractivity contribution in [3.8, 4) is 0 Å². The van der Waals surface area contributed by atoms with Crippen molar-refractivity contribution >= 4 is 0 Å². The van der Waals surface area contributed by atoms with Crippen LogP contribution in [0.2, 0.25) is 0 Å². The van der Waals surface area contributed by atoms with E-state index < -0.39 is 37.5 Å². The molecule has 0 aliphatic heterocycles. The minimum absolute atomic E-state index is 0. The van der Waals surface area contributed by atoms with Gasteiger partial charge in [-0.25, -0.2) is 0 Å². The summed E-state index contributed by atoms with van der Waals surface area (Å²) in [7, 11) is 0. The monoisotopic (exact) mass is 593 g/mol. The standard InChI is InChI=1S/2C11H16N.HI.Nd/c2*1-11(2,12)9-8-10-6-4-3-5-7-10;;/h2*3-7,12H,8-9H2,1-2H3;1H;/q2*-1;;+3/p-1. The van der Waals surface area contributed by atoms with Crippen LogP contribution in [0.15, 0.2) is 60.7 Å². The predicted molar refractivity (Wildman–Crippen MR) is 104 cm³/mol. The first-order valence-electron chi connectivity index (χ1n) is 9.24. The number of rotatable bonds is 10. The molecule has 0 aliphatic rings. The molecule has 0 amide bonds. The summed E-state index contributed by atoms with van der Waals surface area (Å²) in [6.07, 6.45) is 4.63. The van der Waals surface area contributed by atoms with Crippen LogP contribution in [0.25, 0.3) is 0 Å². The Morgan fingerprint density at radius 2 is 1.00 bits per heavy atom. The number of nitrogens with one attached hydrogen (secondary N) is 2. The van der Waals surface area contributed by atoms with Gasteiger partial charge in [0.1, 0.15) is 0 Å². The van der Waals surface area contributed by atoms with Gasteiger partial charge in [0, 0.05) is 0 Å². The molecule has 0 aliphatic carbocycles. The maximum Gasteiger partial charge on any atom is -1.00 e. The molecule has 0 fully saturated rings. The third-order valence-corrected chi connectivity index (χ3v) is 9.71. The van der Waals surface area contributed by atoms with Gasteiger partial charge in [-0.3, -0.25) is 0 Å². The van der Waals surface area contributed by atoms with E-state index in [0.717, 1.165) is 12.8 Å². The molecule has 141 valence electrons. The molecule has 0 bridgehead atoms. The van der Waals surface area contributed by atoms with Gasteiger partial charge < -0.3 is 24.0 Å². The van der Waals surface area contributed by atoms with E-state index in [1.807, 2.05) is 0 Å². The summed E-state index contributed by atoms with van der Waals surface area (Å²) < 4.78 is 7.73. The second-order valence-corrected chi connectivity index (χ2v) is 10.5. The molecule has 0 radical (unpaired) electrons. The minimum atomic E-state index is -1.03. The Labute approximate surface area is 198 Å². The van der Waals surface area contributed by atoms with Gasteiger partial charge in [-0.2, -0.15) is 0 Å². The zero-order valence-electron chi connectivity index (χ0n) is 16.5. The van der Waals surface area contributed by atoms with Crippen LogP contribution < -0.4 is 26.8 Å². The SMILES string of the molecule is CC(C)(CCc1ccccc1)[NH][Nd+][NH]C(C)(C)CCc1ccccc1.[I-]. The molecule has 0 saturated heterocycles. The molecule has 2 aromatic rings. The van der Waals surface area contributed by atoms with Crippen LogP contribution in [0.3, 0.4) is 0 Å². The van der Waals surface area contributed by atoms with Gasteiger partial charge in [-0.15, -0.1) is 0 Å². The fourth-order valence-electron chi connectivity index (χ4n) is 2.70. The summed E-state index contributed by atoms with van der Waals surface area (Å²) in [5.74, 6) is 0. The molecule has 2 nitrogen and oxygen atoms in total. The smallest absolute Gasteiger partial charge is 1.00 e. The molecule has 0 atom stereocenters. The van der Waals surface area contributed by atoms with Crippen LogP contribution in [-0.2, 0) is 12.8 Å². The summed E-state index contributed by atoms with van der Waals surface area (Å²) in [4.78, 5) is 0. The normalized spacial score (nSPS) is 11.5.